The second kappa shape index (κ2) is 9.84. The predicted octanol–water partition coefficient (Wildman–Crippen LogP) is 5.37. The van der Waals surface area contributed by atoms with Gasteiger partial charge in [-0.15, -0.1) is 0 Å². The average Bonchev–Trinajstić information content (AvgIpc) is 3.37. The predicted molar refractivity (Wildman–Crippen MR) is 118 cm³/mol. The van der Waals surface area contributed by atoms with Gasteiger partial charge in [0.2, 0.25) is 0 Å². The highest BCUT2D eigenvalue weighted by atomic mass is 16.6. The van der Waals surface area contributed by atoms with Crippen LogP contribution >= 0.6 is 0 Å². The number of furan rings is 1. The molecule has 1 heterocycles. The van der Waals surface area contributed by atoms with Gasteiger partial charge in [-0.3, -0.25) is 0 Å². The largest absolute Gasteiger partial charge is 0.494 e. The van der Waals surface area contributed by atoms with Crippen molar-refractivity contribution in [1.82, 2.24) is 0 Å². The Morgan fingerprint density at radius 3 is 2.58 bits per heavy atom. The van der Waals surface area contributed by atoms with Crippen LogP contribution in [0, 0.1) is 0 Å². The number of ether oxygens (including phenoxy) is 3. The third-order valence-electron chi connectivity index (χ3n) is 5.58. The van der Waals surface area contributed by atoms with Crippen LogP contribution in [0.5, 0.6) is 5.75 Å². The first-order valence-corrected chi connectivity index (χ1v) is 10.9. The van der Waals surface area contributed by atoms with E-state index in [0.717, 1.165) is 23.5 Å². The molecule has 162 valence electrons. The summed E-state index contributed by atoms with van der Waals surface area (Å²) in [5.41, 5.74) is 4.75. The summed E-state index contributed by atoms with van der Waals surface area (Å²) >= 11 is 0. The molecule has 0 N–H and O–H groups in total. The summed E-state index contributed by atoms with van der Waals surface area (Å²) in [5, 5.41) is 0. The van der Waals surface area contributed by atoms with Crippen molar-refractivity contribution in [3.63, 3.8) is 0 Å². The Hall–Kier alpha value is -3.05. The second-order valence-corrected chi connectivity index (χ2v) is 7.52. The summed E-state index contributed by atoms with van der Waals surface area (Å²) in [4.78, 5) is 12.0. The molecule has 0 saturated carbocycles. The smallest absolute Gasteiger partial charge is 0.335 e. The molecule has 0 amide bonds. The molecule has 2 atom stereocenters. The molecule has 0 spiro atoms. The SMILES string of the molecule is CCOC(=O)C(Cc1ccc(OCCC2c3ccccc3-c3ccoc32)cc1)OCC. The maximum atomic E-state index is 12.0. The standard InChI is InChI=1S/C26H28O5/c1-3-28-24(26(27)29-4-2)17-18-9-11-19(12-10-18)30-15-13-22-20-7-5-6-8-21(20)23-14-16-31-25(22)23/h5-12,14,16,22,24H,3-4,13,15,17H2,1-2H3. The van der Waals surface area contributed by atoms with Crippen molar-refractivity contribution in [2.24, 2.45) is 0 Å². The van der Waals surface area contributed by atoms with Crippen molar-refractivity contribution in [2.75, 3.05) is 19.8 Å². The van der Waals surface area contributed by atoms with E-state index in [1.165, 1.54) is 16.7 Å². The van der Waals surface area contributed by atoms with Crippen molar-refractivity contribution in [1.29, 1.82) is 0 Å². The van der Waals surface area contributed by atoms with Crippen molar-refractivity contribution in [2.45, 2.75) is 38.7 Å². The van der Waals surface area contributed by atoms with Crippen LogP contribution in [0.4, 0.5) is 0 Å². The van der Waals surface area contributed by atoms with Gasteiger partial charge in [0.05, 0.1) is 19.5 Å². The van der Waals surface area contributed by atoms with Crippen LogP contribution in [0.25, 0.3) is 11.1 Å². The summed E-state index contributed by atoms with van der Waals surface area (Å²) in [6.45, 7) is 5.07. The molecule has 4 rings (SSSR count). The summed E-state index contributed by atoms with van der Waals surface area (Å²) in [7, 11) is 0. The van der Waals surface area contributed by atoms with Crippen molar-refractivity contribution >= 4 is 5.97 Å². The molecule has 0 saturated heterocycles. The van der Waals surface area contributed by atoms with Crippen LogP contribution in [-0.2, 0) is 20.7 Å². The minimum absolute atomic E-state index is 0.219. The number of hydrogen-bond acceptors (Lipinski definition) is 5. The molecule has 31 heavy (non-hydrogen) atoms. The zero-order valence-corrected chi connectivity index (χ0v) is 18.0. The van der Waals surface area contributed by atoms with Gasteiger partial charge in [0.1, 0.15) is 11.5 Å². The lowest BCUT2D eigenvalue weighted by atomic mass is 9.97. The van der Waals surface area contributed by atoms with Gasteiger partial charge in [0.15, 0.2) is 6.10 Å². The van der Waals surface area contributed by atoms with Gasteiger partial charge >= 0.3 is 5.97 Å². The van der Waals surface area contributed by atoms with Crippen LogP contribution in [0.1, 0.15) is 43.1 Å². The van der Waals surface area contributed by atoms with E-state index in [0.29, 0.717) is 26.2 Å². The number of carbonyl (C=O) groups excluding carboxylic acids is 1. The van der Waals surface area contributed by atoms with E-state index in [2.05, 4.69) is 24.3 Å². The molecule has 0 aliphatic heterocycles. The lowest BCUT2D eigenvalue weighted by Gasteiger charge is -2.16. The maximum Gasteiger partial charge on any atom is 0.335 e. The van der Waals surface area contributed by atoms with E-state index >= 15 is 0 Å². The van der Waals surface area contributed by atoms with Gasteiger partial charge in [0, 0.05) is 24.5 Å². The van der Waals surface area contributed by atoms with Crippen LogP contribution in [0.15, 0.2) is 65.3 Å². The zero-order valence-electron chi connectivity index (χ0n) is 18.0. The number of carbonyl (C=O) groups is 1. The molecule has 5 heteroatoms. The number of esters is 1. The minimum atomic E-state index is -0.582. The maximum absolute atomic E-state index is 12.0. The molecule has 3 aromatic rings. The quantitative estimate of drug-likeness (QED) is 0.413. The Kier molecular flexibility index (Phi) is 6.73. The van der Waals surface area contributed by atoms with E-state index in [1.54, 1.807) is 13.2 Å². The topological polar surface area (TPSA) is 57.9 Å². The highest BCUT2D eigenvalue weighted by Gasteiger charge is 2.31. The Labute approximate surface area is 182 Å². The molecule has 0 radical (unpaired) electrons. The van der Waals surface area contributed by atoms with E-state index in [1.807, 2.05) is 37.3 Å². The first-order valence-electron chi connectivity index (χ1n) is 10.9. The highest BCUT2D eigenvalue weighted by molar-refractivity contribution is 5.77. The zero-order chi connectivity index (χ0) is 21.6. The molecule has 0 bridgehead atoms. The third kappa shape index (κ3) is 4.67. The summed E-state index contributed by atoms with van der Waals surface area (Å²) in [5.74, 6) is 1.73. The molecule has 1 aromatic heterocycles. The van der Waals surface area contributed by atoms with Gasteiger partial charge in [-0.1, -0.05) is 36.4 Å². The Morgan fingerprint density at radius 1 is 1.00 bits per heavy atom. The van der Waals surface area contributed by atoms with Crippen molar-refractivity contribution in [3.8, 4) is 16.9 Å². The first-order chi connectivity index (χ1) is 15.2. The number of benzene rings is 2. The number of rotatable bonds is 10. The Bertz CT molecular complexity index is 1000. The van der Waals surface area contributed by atoms with E-state index in [4.69, 9.17) is 18.6 Å². The lowest BCUT2D eigenvalue weighted by Crippen LogP contribution is -2.28. The fraction of sp³-hybridized carbons (Fsp3) is 0.346. The van der Waals surface area contributed by atoms with Gasteiger partial charge in [0.25, 0.3) is 0 Å². The van der Waals surface area contributed by atoms with Crippen molar-refractivity contribution < 1.29 is 23.4 Å². The fourth-order valence-corrected chi connectivity index (χ4v) is 4.16. The van der Waals surface area contributed by atoms with Crippen LogP contribution in [0.2, 0.25) is 0 Å². The molecule has 1 aliphatic carbocycles. The molecule has 2 aromatic carbocycles. The lowest BCUT2D eigenvalue weighted by molar-refractivity contribution is -0.156. The van der Waals surface area contributed by atoms with Crippen LogP contribution in [-0.4, -0.2) is 31.9 Å². The summed E-state index contributed by atoms with van der Waals surface area (Å²) in [6.07, 6.45) is 2.50. The minimum Gasteiger partial charge on any atom is -0.494 e. The normalized spacial score (nSPS) is 15.2. The molecule has 0 fully saturated rings. The van der Waals surface area contributed by atoms with Gasteiger partial charge < -0.3 is 18.6 Å². The van der Waals surface area contributed by atoms with Gasteiger partial charge in [-0.25, -0.2) is 4.79 Å². The molecular formula is C26H28O5. The van der Waals surface area contributed by atoms with Crippen LogP contribution < -0.4 is 4.74 Å². The van der Waals surface area contributed by atoms with Crippen molar-refractivity contribution in [3.05, 3.63) is 77.7 Å². The molecular weight excluding hydrogens is 392 g/mol. The molecule has 5 nitrogen and oxygen atoms in total. The Morgan fingerprint density at radius 2 is 1.81 bits per heavy atom. The summed E-state index contributed by atoms with van der Waals surface area (Å²) < 4.78 is 22.4. The van der Waals surface area contributed by atoms with E-state index in [-0.39, 0.29) is 11.9 Å². The highest BCUT2D eigenvalue weighted by Crippen LogP contribution is 2.46. The summed E-state index contributed by atoms with van der Waals surface area (Å²) in [6, 6.07) is 18.3. The third-order valence-corrected chi connectivity index (χ3v) is 5.58. The number of hydrogen-bond donors (Lipinski definition) is 0. The molecule has 2 unspecified atom stereocenters. The van der Waals surface area contributed by atoms with Crippen LogP contribution in [0.3, 0.4) is 0 Å². The average molecular weight is 421 g/mol. The second-order valence-electron chi connectivity index (χ2n) is 7.52. The first kappa shape index (κ1) is 21.2. The van der Waals surface area contributed by atoms with E-state index < -0.39 is 6.10 Å². The molecule has 1 aliphatic rings. The Balaban J connectivity index is 1.34. The van der Waals surface area contributed by atoms with Gasteiger partial charge in [-0.05, 0) is 55.2 Å². The van der Waals surface area contributed by atoms with Gasteiger partial charge in [-0.2, -0.15) is 0 Å². The fourth-order valence-electron chi connectivity index (χ4n) is 4.16. The van der Waals surface area contributed by atoms with E-state index in [9.17, 15) is 4.79 Å². The monoisotopic (exact) mass is 420 g/mol. The number of fused-ring (bicyclic) bond motifs is 3.